The third-order valence-corrected chi connectivity index (χ3v) is 2.88. The molecule has 2 aromatic rings. The van der Waals surface area contributed by atoms with Crippen LogP contribution in [0.2, 0.25) is 0 Å². The maximum absolute atomic E-state index is 12.1. The molecule has 1 atom stereocenters. The van der Waals surface area contributed by atoms with E-state index in [1.165, 1.54) is 12.3 Å². The van der Waals surface area contributed by atoms with Gasteiger partial charge in [0.05, 0.1) is 19.8 Å². The number of ether oxygens (including phenoxy) is 1. The first-order valence-corrected chi connectivity index (χ1v) is 6.09. The van der Waals surface area contributed by atoms with Gasteiger partial charge in [0, 0.05) is 10.9 Å². The zero-order chi connectivity index (χ0) is 15.4. The topological polar surface area (TPSA) is 106 Å². The Morgan fingerprint density at radius 2 is 2.10 bits per heavy atom. The van der Waals surface area contributed by atoms with Crippen LogP contribution in [0.25, 0.3) is 11.0 Å². The van der Waals surface area contributed by atoms with Crippen LogP contribution in [-0.4, -0.2) is 36.1 Å². The Labute approximate surface area is 119 Å². The van der Waals surface area contributed by atoms with Crippen LogP contribution >= 0.6 is 0 Å². The molecule has 1 amide bonds. The van der Waals surface area contributed by atoms with Gasteiger partial charge in [-0.15, -0.1) is 0 Å². The van der Waals surface area contributed by atoms with Crippen molar-refractivity contribution < 1.29 is 28.6 Å². The summed E-state index contributed by atoms with van der Waals surface area (Å²) in [5.74, 6) is -2.58. The average molecular weight is 291 g/mol. The molecule has 0 saturated carbocycles. The zero-order valence-electron chi connectivity index (χ0n) is 11.2. The van der Waals surface area contributed by atoms with E-state index in [9.17, 15) is 14.4 Å². The number of rotatable bonds is 5. The summed E-state index contributed by atoms with van der Waals surface area (Å²) in [7, 11) is 1.13. The molecule has 7 heteroatoms. The van der Waals surface area contributed by atoms with Gasteiger partial charge in [0.1, 0.15) is 11.6 Å². The van der Waals surface area contributed by atoms with Crippen molar-refractivity contribution >= 4 is 28.8 Å². The number of nitrogens with one attached hydrogen (secondary N) is 1. The van der Waals surface area contributed by atoms with Gasteiger partial charge in [0.2, 0.25) is 0 Å². The van der Waals surface area contributed by atoms with E-state index in [1.807, 2.05) is 0 Å². The smallest absolute Gasteiger partial charge is 0.328 e. The number of carbonyl (C=O) groups excluding carboxylic acids is 2. The van der Waals surface area contributed by atoms with Gasteiger partial charge in [0.25, 0.3) is 5.91 Å². The first-order valence-electron chi connectivity index (χ1n) is 6.09. The highest BCUT2D eigenvalue weighted by Gasteiger charge is 2.25. The lowest BCUT2D eigenvalue weighted by molar-refractivity contribution is -0.147. The normalized spacial score (nSPS) is 11.9. The van der Waals surface area contributed by atoms with E-state index in [4.69, 9.17) is 9.52 Å². The third kappa shape index (κ3) is 3.38. The molecule has 7 nitrogen and oxygen atoms in total. The maximum Gasteiger partial charge on any atom is 0.328 e. The minimum atomic E-state index is -1.24. The molecule has 0 aliphatic heterocycles. The Morgan fingerprint density at radius 3 is 2.76 bits per heavy atom. The number of hydrogen-bond acceptors (Lipinski definition) is 5. The van der Waals surface area contributed by atoms with Crippen LogP contribution in [0.5, 0.6) is 0 Å². The Hall–Kier alpha value is -2.83. The molecule has 2 N–H and O–H groups in total. The number of carboxylic acids is 1. The van der Waals surface area contributed by atoms with Crippen LogP contribution in [0.3, 0.4) is 0 Å². The van der Waals surface area contributed by atoms with Gasteiger partial charge in [-0.1, -0.05) is 0 Å². The zero-order valence-corrected chi connectivity index (χ0v) is 11.2. The van der Waals surface area contributed by atoms with Gasteiger partial charge in [0.15, 0.2) is 0 Å². The van der Waals surface area contributed by atoms with E-state index in [1.54, 1.807) is 18.2 Å². The van der Waals surface area contributed by atoms with Crippen molar-refractivity contribution in [2.45, 2.75) is 12.5 Å². The van der Waals surface area contributed by atoms with Crippen LogP contribution in [0.15, 0.2) is 34.9 Å². The van der Waals surface area contributed by atoms with Crippen LogP contribution in [0, 0.1) is 0 Å². The van der Waals surface area contributed by atoms with E-state index >= 15 is 0 Å². The molecule has 0 fully saturated rings. The molecule has 0 aliphatic carbocycles. The molecule has 0 bridgehead atoms. The van der Waals surface area contributed by atoms with Gasteiger partial charge < -0.3 is 19.6 Å². The molecule has 110 valence electrons. The van der Waals surface area contributed by atoms with Gasteiger partial charge in [-0.25, -0.2) is 4.79 Å². The maximum atomic E-state index is 12.1. The molecule has 1 heterocycles. The number of fused-ring (bicyclic) bond motifs is 1. The second-order valence-corrected chi connectivity index (χ2v) is 4.32. The van der Waals surface area contributed by atoms with Crippen molar-refractivity contribution in [3.63, 3.8) is 0 Å². The Balaban J connectivity index is 2.17. The number of aliphatic carboxylic acids is 1. The number of benzene rings is 1. The highest BCUT2D eigenvalue weighted by atomic mass is 16.5. The lowest BCUT2D eigenvalue weighted by atomic mass is 10.1. The number of esters is 1. The summed E-state index contributed by atoms with van der Waals surface area (Å²) in [6, 6.07) is 5.19. The molecule has 0 radical (unpaired) electrons. The van der Waals surface area contributed by atoms with E-state index in [0.717, 1.165) is 12.5 Å². The molecule has 0 saturated heterocycles. The van der Waals surface area contributed by atoms with E-state index in [-0.39, 0.29) is 0 Å². The lowest BCUT2D eigenvalue weighted by Crippen LogP contribution is -2.42. The Bertz CT molecular complexity index is 690. The number of amides is 1. The predicted octanol–water partition coefficient (Wildman–Crippen LogP) is 1.18. The summed E-state index contributed by atoms with van der Waals surface area (Å²) in [5, 5.41) is 11.8. The Kier molecular flexibility index (Phi) is 4.22. The van der Waals surface area contributed by atoms with Gasteiger partial charge in [-0.3, -0.25) is 9.59 Å². The quantitative estimate of drug-likeness (QED) is 0.801. The monoisotopic (exact) mass is 291 g/mol. The highest BCUT2D eigenvalue weighted by molar-refractivity contribution is 6.00. The summed E-state index contributed by atoms with van der Waals surface area (Å²) in [4.78, 5) is 34.3. The summed E-state index contributed by atoms with van der Waals surface area (Å²) in [5.41, 5.74) is 0.921. The second kappa shape index (κ2) is 6.08. The highest BCUT2D eigenvalue weighted by Crippen LogP contribution is 2.17. The fraction of sp³-hybridized carbons (Fsp3) is 0.214. The lowest BCUT2D eigenvalue weighted by Gasteiger charge is -2.14. The summed E-state index contributed by atoms with van der Waals surface area (Å²) in [6.45, 7) is 0. The number of methoxy groups -OCH3 is 1. The van der Waals surface area contributed by atoms with E-state index < -0.39 is 30.3 Å². The van der Waals surface area contributed by atoms with Crippen LogP contribution < -0.4 is 5.32 Å². The fourth-order valence-corrected chi connectivity index (χ4v) is 1.86. The SMILES string of the molecule is COC(=O)[C@H](CC(=O)O)NC(=O)c1ccc2occc2c1. The molecule has 1 aromatic heterocycles. The number of carboxylic acid groups (broad SMARTS) is 1. The third-order valence-electron chi connectivity index (χ3n) is 2.88. The standard InChI is InChI=1S/C14H13NO6/c1-20-14(19)10(7-12(16)17)15-13(18)9-2-3-11-8(6-9)4-5-21-11/h2-6,10H,7H2,1H3,(H,15,18)(H,16,17)/t10-/m0/s1. The number of carbonyl (C=O) groups is 3. The van der Waals surface area contributed by atoms with Crippen LogP contribution in [0.4, 0.5) is 0 Å². The predicted molar refractivity (Wildman–Crippen MR) is 71.7 cm³/mol. The molecular formula is C14H13NO6. The number of furan rings is 1. The second-order valence-electron chi connectivity index (χ2n) is 4.32. The van der Waals surface area contributed by atoms with Crippen molar-refractivity contribution in [3.8, 4) is 0 Å². The first-order chi connectivity index (χ1) is 10.0. The largest absolute Gasteiger partial charge is 0.481 e. The van der Waals surface area contributed by atoms with Crippen LogP contribution in [0.1, 0.15) is 16.8 Å². The molecule has 0 spiro atoms. The molecule has 1 aromatic carbocycles. The van der Waals surface area contributed by atoms with Crippen molar-refractivity contribution in [1.82, 2.24) is 5.32 Å². The Morgan fingerprint density at radius 1 is 1.33 bits per heavy atom. The van der Waals surface area contributed by atoms with Gasteiger partial charge in [-0.05, 0) is 24.3 Å². The van der Waals surface area contributed by atoms with Crippen molar-refractivity contribution in [2.24, 2.45) is 0 Å². The molecule has 0 unspecified atom stereocenters. The molecule has 0 aliphatic rings. The molecular weight excluding hydrogens is 278 g/mol. The van der Waals surface area contributed by atoms with Gasteiger partial charge in [-0.2, -0.15) is 0 Å². The first kappa shape index (κ1) is 14.6. The minimum Gasteiger partial charge on any atom is -0.481 e. The fourth-order valence-electron chi connectivity index (χ4n) is 1.86. The van der Waals surface area contributed by atoms with Crippen molar-refractivity contribution in [1.29, 1.82) is 0 Å². The minimum absolute atomic E-state index is 0.295. The number of hydrogen-bond donors (Lipinski definition) is 2. The van der Waals surface area contributed by atoms with Gasteiger partial charge >= 0.3 is 11.9 Å². The summed E-state index contributed by atoms with van der Waals surface area (Å²) >= 11 is 0. The molecule has 21 heavy (non-hydrogen) atoms. The van der Waals surface area contributed by atoms with Crippen molar-refractivity contribution in [2.75, 3.05) is 7.11 Å². The summed E-state index contributed by atoms with van der Waals surface area (Å²) < 4.78 is 9.63. The average Bonchev–Trinajstić information content (AvgIpc) is 2.92. The van der Waals surface area contributed by atoms with E-state index in [2.05, 4.69) is 10.1 Å². The van der Waals surface area contributed by atoms with Crippen LogP contribution in [-0.2, 0) is 14.3 Å². The molecule has 2 rings (SSSR count). The summed E-state index contributed by atoms with van der Waals surface area (Å²) in [6.07, 6.45) is 0.945. The van der Waals surface area contributed by atoms with Crippen molar-refractivity contribution in [3.05, 3.63) is 36.1 Å². The van der Waals surface area contributed by atoms with E-state index in [0.29, 0.717) is 11.1 Å².